The van der Waals surface area contributed by atoms with E-state index in [1.54, 1.807) is 0 Å². The zero-order valence-electron chi connectivity index (χ0n) is 11.3. The number of carbonyl (C=O) groups is 1. The lowest BCUT2D eigenvalue weighted by Gasteiger charge is -2.45. The van der Waals surface area contributed by atoms with Crippen molar-refractivity contribution in [2.24, 2.45) is 11.7 Å². The van der Waals surface area contributed by atoms with Crippen molar-refractivity contribution in [3.05, 3.63) is 35.6 Å². The first-order valence-electron chi connectivity index (χ1n) is 7.25. The van der Waals surface area contributed by atoms with E-state index in [0.717, 1.165) is 23.4 Å². The fraction of sp³-hybridized carbons (Fsp3) is 0.438. The molecule has 2 N–H and O–H groups in total. The van der Waals surface area contributed by atoms with E-state index in [-0.39, 0.29) is 0 Å². The summed E-state index contributed by atoms with van der Waals surface area (Å²) in [5.74, 6) is 0.939. The van der Waals surface area contributed by atoms with Gasteiger partial charge in [0.15, 0.2) is 0 Å². The van der Waals surface area contributed by atoms with Crippen molar-refractivity contribution in [1.82, 2.24) is 4.90 Å². The molecule has 1 amide bonds. The van der Waals surface area contributed by atoms with Gasteiger partial charge in [0.25, 0.3) is 5.91 Å². The molecule has 4 nitrogen and oxygen atoms in total. The van der Waals surface area contributed by atoms with Gasteiger partial charge in [0.1, 0.15) is 11.8 Å². The second-order valence-corrected chi connectivity index (χ2v) is 6.01. The molecule has 0 saturated carbocycles. The molecular formula is C16H18N2O2. The Hall–Kier alpha value is -1.81. The molecule has 5 rings (SSSR count). The van der Waals surface area contributed by atoms with Crippen LogP contribution in [0.2, 0.25) is 0 Å². The van der Waals surface area contributed by atoms with Crippen LogP contribution >= 0.6 is 0 Å². The minimum atomic E-state index is -0.421. The van der Waals surface area contributed by atoms with Crippen LogP contribution in [0.1, 0.15) is 34.7 Å². The Morgan fingerprint density at radius 1 is 1.30 bits per heavy atom. The van der Waals surface area contributed by atoms with Gasteiger partial charge in [0, 0.05) is 11.9 Å². The van der Waals surface area contributed by atoms with Gasteiger partial charge in [-0.1, -0.05) is 6.07 Å². The molecule has 1 aromatic heterocycles. The second-order valence-electron chi connectivity index (χ2n) is 6.01. The summed E-state index contributed by atoms with van der Waals surface area (Å²) < 4.78 is 5.40. The lowest BCUT2D eigenvalue weighted by Crippen LogP contribution is -2.46. The summed E-state index contributed by atoms with van der Waals surface area (Å²) in [6.45, 7) is 3.61. The van der Waals surface area contributed by atoms with Crippen molar-refractivity contribution < 1.29 is 9.21 Å². The predicted molar refractivity (Wildman–Crippen MR) is 76.6 cm³/mol. The molecule has 0 radical (unpaired) electrons. The number of piperidine rings is 3. The fourth-order valence-corrected chi connectivity index (χ4v) is 3.81. The van der Waals surface area contributed by atoms with Crippen LogP contribution in [-0.2, 0) is 0 Å². The molecule has 4 heterocycles. The number of carbonyl (C=O) groups excluding carboxylic acids is 1. The van der Waals surface area contributed by atoms with Crippen LogP contribution in [0.15, 0.2) is 28.9 Å². The SMILES string of the molecule is NC(=O)c1coc2ccc([C@@H]3CN4CCC3CC4)cc12. The van der Waals surface area contributed by atoms with Crippen LogP contribution in [0.5, 0.6) is 0 Å². The number of benzene rings is 1. The minimum absolute atomic E-state index is 0.421. The summed E-state index contributed by atoms with van der Waals surface area (Å²) in [4.78, 5) is 14.0. The maximum Gasteiger partial charge on any atom is 0.252 e. The highest BCUT2D eigenvalue weighted by molar-refractivity contribution is 6.05. The Kier molecular flexibility index (Phi) is 2.60. The second kappa shape index (κ2) is 4.35. The maximum absolute atomic E-state index is 11.4. The highest BCUT2D eigenvalue weighted by Crippen LogP contribution is 2.40. The molecule has 4 heteroatoms. The Balaban J connectivity index is 1.76. The zero-order valence-corrected chi connectivity index (χ0v) is 11.3. The average Bonchev–Trinajstić information content (AvgIpc) is 2.91. The third kappa shape index (κ3) is 1.75. The highest BCUT2D eigenvalue weighted by Gasteiger charge is 2.35. The Morgan fingerprint density at radius 2 is 2.10 bits per heavy atom. The first-order valence-corrected chi connectivity index (χ1v) is 7.25. The van der Waals surface area contributed by atoms with Crippen molar-refractivity contribution >= 4 is 16.9 Å². The molecule has 0 spiro atoms. The Bertz CT molecular complexity index is 668. The van der Waals surface area contributed by atoms with Crippen molar-refractivity contribution in [3.8, 4) is 0 Å². The predicted octanol–water partition coefficient (Wildman–Crippen LogP) is 2.34. The van der Waals surface area contributed by atoms with Crippen LogP contribution in [0.3, 0.4) is 0 Å². The lowest BCUT2D eigenvalue weighted by molar-refractivity contribution is 0.0871. The van der Waals surface area contributed by atoms with E-state index in [4.69, 9.17) is 10.2 Å². The zero-order chi connectivity index (χ0) is 13.7. The van der Waals surface area contributed by atoms with E-state index >= 15 is 0 Å². The normalized spacial score (nSPS) is 28.9. The number of primary amides is 1. The van der Waals surface area contributed by atoms with Gasteiger partial charge in [-0.05, 0) is 55.5 Å². The van der Waals surface area contributed by atoms with Gasteiger partial charge in [-0.25, -0.2) is 0 Å². The molecule has 3 aliphatic heterocycles. The molecule has 3 fully saturated rings. The lowest BCUT2D eigenvalue weighted by atomic mass is 9.75. The van der Waals surface area contributed by atoms with Gasteiger partial charge >= 0.3 is 0 Å². The maximum atomic E-state index is 11.4. The largest absolute Gasteiger partial charge is 0.463 e. The number of furan rings is 1. The fourth-order valence-electron chi connectivity index (χ4n) is 3.81. The molecule has 2 bridgehead atoms. The number of amides is 1. The number of hydrogen-bond donors (Lipinski definition) is 1. The molecule has 2 aromatic rings. The molecule has 1 atom stereocenters. The minimum Gasteiger partial charge on any atom is -0.463 e. The van der Waals surface area contributed by atoms with Crippen molar-refractivity contribution in [1.29, 1.82) is 0 Å². The van der Waals surface area contributed by atoms with Crippen LogP contribution in [-0.4, -0.2) is 30.4 Å². The van der Waals surface area contributed by atoms with E-state index in [1.807, 2.05) is 6.07 Å². The van der Waals surface area contributed by atoms with Gasteiger partial charge in [-0.2, -0.15) is 0 Å². The van der Waals surface area contributed by atoms with Gasteiger partial charge in [-0.15, -0.1) is 0 Å². The third-order valence-electron chi connectivity index (χ3n) is 4.95. The van der Waals surface area contributed by atoms with Crippen LogP contribution in [0.25, 0.3) is 11.0 Å². The third-order valence-corrected chi connectivity index (χ3v) is 4.95. The van der Waals surface area contributed by atoms with Gasteiger partial charge in [0.05, 0.1) is 5.56 Å². The van der Waals surface area contributed by atoms with Gasteiger partial charge in [0.2, 0.25) is 0 Å². The molecular weight excluding hydrogens is 252 g/mol. The highest BCUT2D eigenvalue weighted by atomic mass is 16.3. The number of nitrogens with zero attached hydrogens (tertiary/aromatic N) is 1. The van der Waals surface area contributed by atoms with Crippen LogP contribution in [0.4, 0.5) is 0 Å². The molecule has 0 aliphatic carbocycles. The summed E-state index contributed by atoms with van der Waals surface area (Å²) >= 11 is 0. The summed E-state index contributed by atoms with van der Waals surface area (Å²) in [5, 5.41) is 0.853. The van der Waals surface area contributed by atoms with Crippen molar-refractivity contribution in [3.63, 3.8) is 0 Å². The standard InChI is InChI=1S/C16H18N2O2/c17-16(19)14-9-20-15-2-1-11(7-12(14)15)13-8-18-5-3-10(13)4-6-18/h1-2,7,9-10,13H,3-6,8H2,(H2,17,19)/t13-/m1/s1. The Morgan fingerprint density at radius 3 is 2.75 bits per heavy atom. The quantitative estimate of drug-likeness (QED) is 0.911. The molecule has 20 heavy (non-hydrogen) atoms. The first-order chi connectivity index (χ1) is 9.72. The summed E-state index contributed by atoms with van der Waals surface area (Å²) in [7, 11) is 0. The Labute approximate surface area is 117 Å². The number of hydrogen-bond acceptors (Lipinski definition) is 3. The monoisotopic (exact) mass is 270 g/mol. The number of nitrogens with two attached hydrogens (primary N) is 1. The van der Waals surface area contributed by atoms with E-state index in [0.29, 0.717) is 11.5 Å². The molecule has 3 aliphatic rings. The smallest absolute Gasteiger partial charge is 0.252 e. The van der Waals surface area contributed by atoms with E-state index in [9.17, 15) is 4.79 Å². The van der Waals surface area contributed by atoms with E-state index < -0.39 is 5.91 Å². The topological polar surface area (TPSA) is 59.5 Å². The van der Waals surface area contributed by atoms with E-state index in [2.05, 4.69) is 17.0 Å². The molecule has 3 saturated heterocycles. The van der Waals surface area contributed by atoms with Crippen LogP contribution < -0.4 is 5.73 Å². The average molecular weight is 270 g/mol. The molecule has 0 unspecified atom stereocenters. The first kappa shape index (κ1) is 12.0. The summed E-state index contributed by atoms with van der Waals surface area (Å²) in [5.41, 5.74) is 7.95. The number of rotatable bonds is 2. The summed E-state index contributed by atoms with van der Waals surface area (Å²) in [6.07, 6.45) is 4.04. The van der Waals surface area contributed by atoms with Crippen molar-refractivity contribution in [2.75, 3.05) is 19.6 Å². The molecule has 104 valence electrons. The van der Waals surface area contributed by atoms with Crippen molar-refractivity contribution in [2.45, 2.75) is 18.8 Å². The molecule has 1 aromatic carbocycles. The van der Waals surface area contributed by atoms with Crippen LogP contribution in [0, 0.1) is 5.92 Å². The summed E-state index contributed by atoms with van der Waals surface area (Å²) in [6, 6.07) is 6.21. The van der Waals surface area contributed by atoms with E-state index in [1.165, 1.54) is 37.8 Å². The van der Waals surface area contributed by atoms with Gasteiger partial charge < -0.3 is 15.1 Å². The number of fused-ring (bicyclic) bond motifs is 4. The van der Waals surface area contributed by atoms with Gasteiger partial charge in [-0.3, -0.25) is 4.79 Å².